The van der Waals surface area contributed by atoms with Crippen LogP contribution in [0.4, 0.5) is 5.82 Å². The van der Waals surface area contributed by atoms with E-state index >= 15 is 0 Å². The minimum Gasteiger partial charge on any atom is -0.383 e. The van der Waals surface area contributed by atoms with Gasteiger partial charge >= 0.3 is 0 Å². The first-order valence-electron chi connectivity index (χ1n) is 2.54. The first-order valence-corrected chi connectivity index (χ1v) is 4.54. The molecule has 0 saturated heterocycles. The summed E-state index contributed by atoms with van der Waals surface area (Å²) in [6.45, 7) is 0. The molecule has 0 aromatic carbocycles. The van der Waals surface area contributed by atoms with Gasteiger partial charge in [-0.1, -0.05) is 11.8 Å². The van der Waals surface area contributed by atoms with Crippen molar-refractivity contribution in [1.29, 1.82) is 0 Å². The molecule has 1 heterocycles. The van der Waals surface area contributed by atoms with Crippen LogP contribution in [-0.4, -0.2) is 15.7 Å². The van der Waals surface area contributed by atoms with E-state index in [1.165, 1.54) is 11.8 Å². The Morgan fingerprint density at radius 2 is 2.60 bits per heavy atom. The number of nitrogen functional groups attached to an aromatic ring is 1. The zero-order chi connectivity index (χ0) is 7.56. The van der Waals surface area contributed by atoms with Gasteiger partial charge in [-0.05, 0) is 17.8 Å². The maximum atomic E-state index is 10.9. The number of aromatic nitrogens is 1. The fraction of sp³-hybridized carbons (Fsp3) is 0.200. The van der Waals surface area contributed by atoms with E-state index in [-0.39, 0.29) is 5.12 Å². The number of thioether (sulfide) groups is 1. The smallest absolute Gasteiger partial charge is 0.230 e. The molecule has 0 fully saturated rings. The van der Waals surface area contributed by atoms with Crippen molar-refractivity contribution in [2.24, 2.45) is 0 Å². The Bertz CT molecular complexity index is 246. The van der Waals surface area contributed by atoms with Gasteiger partial charge in [0, 0.05) is 6.07 Å². The molecule has 5 heteroatoms. The predicted octanol–water partition coefficient (Wildman–Crippen LogP) is 1.23. The lowest BCUT2D eigenvalue weighted by atomic mass is 10.5. The zero-order valence-corrected chi connectivity index (χ0v) is 6.96. The number of nitrogens with zero attached hydrogens (tertiary/aromatic N) is 1. The molecule has 54 valence electrons. The monoisotopic (exact) mass is 174 g/mol. The molecular formula is C5H6N2OS2. The molecule has 0 unspecified atom stereocenters. The van der Waals surface area contributed by atoms with Crippen LogP contribution in [0.15, 0.2) is 6.07 Å². The maximum Gasteiger partial charge on any atom is 0.230 e. The number of rotatable bonds is 1. The molecule has 1 rings (SSSR count). The molecule has 0 radical (unpaired) electrons. The number of carbonyl (C=O) groups is 1. The predicted molar refractivity (Wildman–Crippen MR) is 44.4 cm³/mol. The second-order valence-corrected chi connectivity index (χ2v) is 3.19. The topological polar surface area (TPSA) is 56.0 Å². The van der Waals surface area contributed by atoms with E-state index in [1.54, 1.807) is 12.3 Å². The average molecular weight is 174 g/mol. The van der Waals surface area contributed by atoms with Crippen molar-refractivity contribution in [3.63, 3.8) is 0 Å². The summed E-state index contributed by atoms with van der Waals surface area (Å²) in [6.07, 6.45) is 1.73. The Kier molecular flexibility index (Phi) is 2.29. The Morgan fingerprint density at radius 3 is 3.00 bits per heavy atom. The van der Waals surface area contributed by atoms with E-state index in [1.807, 2.05) is 0 Å². The van der Waals surface area contributed by atoms with E-state index in [4.69, 9.17) is 5.73 Å². The summed E-state index contributed by atoms with van der Waals surface area (Å²) in [5, 5.41) is 0.0224. The highest BCUT2D eigenvalue weighted by Crippen LogP contribution is 2.16. The van der Waals surface area contributed by atoms with Gasteiger partial charge in [-0.3, -0.25) is 4.79 Å². The molecule has 1 aromatic rings. The van der Waals surface area contributed by atoms with Gasteiger partial charge in [-0.25, -0.2) is 0 Å². The molecule has 3 nitrogen and oxygen atoms in total. The van der Waals surface area contributed by atoms with E-state index in [2.05, 4.69) is 4.37 Å². The van der Waals surface area contributed by atoms with Crippen molar-refractivity contribution in [3.8, 4) is 0 Å². The van der Waals surface area contributed by atoms with Crippen molar-refractivity contribution < 1.29 is 4.79 Å². The molecule has 0 amide bonds. The number of anilines is 1. The minimum atomic E-state index is 0.0224. The van der Waals surface area contributed by atoms with Gasteiger partial charge in [-0.2, -0.15) is 4.37 Å². The lowest BCUT2D eigenvalue weighted by Crippen LogP contribution is -1.86. The van der Waals surface area contributed by atoms with Crippen molar-refractivity contribution in [2.75, 3.05) is 12.0 Å². The van der Waals surface area contributed by atoms with E-state index in [0.29, 0.717) is 10.7 Å². The van der Waals surface area contributed by atoms with Gasteiger partial charge in [0.15, 0.2) is 0 Å². The molecular weight excluding hydrogens is 168 g/mol. The number of nitrogens with two attached hydrogens (primary N) is 1. The van der Waals surface area contributed by atoms with Crippen LogP contribution in [-0.2, 0) is 0 Å². The third-order valence-corrected chi connectivity index (χ3v) is 2.44. The molecule has 0 aliphatic rings. The van der Waals surface area contributed by atoms with Crippen molar-refractivity contribution in [1.82, 2.24) is 4.37 Å². The van der Waals surface area contributed by atoms with Crippen LogP contribution in [0, 0.1) is 0 Å². The second-order valence-electron chi connectivity index (χ2n) is 1.61. The third kappa shape index (κ3) is 1.48. The van der Waals surface area contributed by atoms with Crippen LogP contribution in [0.2, 0.25) is 0 Å². The van der Waals surface area contributed by atoms with Crippen molar-refractivity contribution >= 4 is 34.2 Å². The Morgan fingerprint density at radius 1 is 1.90 bits per heavy atom. The number of hydrogen-bond acceptors (Lipinski definition) is 5. The van der Waals surface area contributed by atoms with Gasteiger partial charge in [0.05, 0.1) is 0 Å². The number of hydrogen-bond donors (Lipinski definition) is 1. The maximum absolute atomic E-state index is 10.9. The Hall–Kier alpha value is -0.550. The number of carbonyl (C=O) groups excluding carboxylic acids is 1. The summed E-state index contributed by atoms with van der Waals surface area (Å²) in [5.41, 5.74) is 5.31. The van der Waals surface area contributed by atoms with Crippen LogP contribution >= 0.6 is 23.3 Å². The van der Waals surface area contributed by atoms with Gasteiger partial charge < -0.3 is 5.73 Å². The fourth-order valence-corrected chi connectivity index (χ4v) is 1.61. The molecule has 2 N–H and O–H groups in total. The Balaban J connectivity index is 2.85. The lowest BCUT2D eigenvalue weighted by Gasteiger charge is -1.84. The van der Waals surface area contributed by atoms with E-state index < -0.39 is 0 Å². The molecule has 0 aliphatic heterocycles. The van der Waals surface area contributed by atoms with E-state index in [0.717, 1.165) is 11.5 Å². The van der Waals surface area contributed by atoms with Crippen LogP contribution in [0.1, 0.15) is 9.67 Å². The zero-order valence-electron chi connectivity index (χ0n) is 5.33. The lowest BCUT2D eigenvalue weighted by molar-refractivity contribution is 0.109. The SMILES string of the molecule is CSC(=O)c1cc(N)ns1. The normalized spacial score (nSPS) is 9.70. The highest BCUT2D eigenvalue weighted by molar-refractivity contribution is 8.13. The van der Waals surface area contributed by atoms with Gasteiger partial charge in [0.2, 0.25) is 5.12 Å². The molecule has 10 heavy (non-hydrogen) atoms. The highest BCUT2D eigenvalue weighted by Gasteiger charge is 2.06. The largest absolute Gasteiger partial charge is 0.383 e. The summed E-state index contributed by atoms with van der Waals surface area (Å²) in [7, 11) is 0. The average Bonchev–Trinajstić information content (AvgIpc) is 2.34. The molecule has 0 saturated carbocycles. The molecule has 0 atom stereocenters. The van der Waals surface area contributed by atoms with Gasteiger partial charge in [-0.15, -0.1) is 0 Å². The first-order chi connectivity index (χ1) is 4.74. The standard InChI is InChI=1S/C5H6N2OS2/c1-9-5(8)3-2-4(6)7-10-3/h2H,1H3,(H2,6,7). The molecule has 0 bridgehead atoms. The second kappa shape index (κ2) is 3.03. The summed E-state index contributed by atoms with van der Waals surface area (Å²) < 4.78 is 3.77. The van der Waals surface area contributed by atoms with Crippen molar-refractivity contribution in [2.45, 2.75) is 0 Å². The van der Waals surface area contributed by atoms with Gasteiger partial charge in [0.25, 0.3) is 0 Å². The van der Waals surface area contributed by atoms with Crippen LogP contribution in [0.3, 0.4) is 0 Å². The summed E-state index contributed by atoms with van der Waals surface area (Å²) >= 11 is 2.30. The first kappa shape index (κ1) is 7.56. The quantitative estimate of drug-likeness (QED) is 0.695. The third-order valence-electron chi connectivity index (χ3n) is 0.915. The van der Waals surface area contributed by atoms with Crippen LogP contribution in [0.25, 0.3) is 0 Å². The molecule has 0 spiro atoms. The summed E-state index contributed by atoms with van der Waals surface area (Å²) in [4.78, 5) is 11.5. The Labute approximate surface area is 66.8 Å². The summed E-state index contributed by atoms with van der Waals surface area (Å²) in [5.74, 6) is 0.419. The highest BCUT2D eigenvalue weighted by atomic mass is 32.2. The minimum absolute atomic E-state index is 0.0224. The van der Waals surface area contributed by atoms with Gasteiger partial charge in [0.1, 0.15) is 10.7 Å². The molecule has 1 aromatic heterocycles. The van der Waals surface area contributed by atoms with E-state index in [9.17, 15) is 4.79 Å². The van der Waals surface area contributed by atoms with Crippen LogP contribution < -0.4 is 5.73 Å². The fourth-order valence-electron chi connectivity index (χ4n) is 0.486. The van der Waals surface area contributed by atoms with Crippen molar-refractivity contribution in [3.05, 3.63) is 10.9 Å². The molecule has 0 aliphatic carbocycles. The van der Waals surface area contributed by atoms with Crippen LogP contribution in [0.5, 0.6) is 0 Å². The summed E-state index contributed by atoms with van der Waals surface area (Å²) in [6, 6.07) is 1.59.